The smallest absolute Gasteiger partial charge is 0.219 e. The van der Waals surface area contributed by atoms with Gasteiger partial charge >= 0.3 is 0 Å². The second kappa shape index (κ2) is 6.09. The Morgan fingerprint density at radius 3 is 2.82 bits per heavy atom. The minimum absolute atomic E-state index is 0.115. The highest BCUT2D eigenvalue weighted by Gasteiger charge is 2.26. The van der Waals surface area contributed by atoms with Gasteiger partial charge in [-0.25, -0.2) is 4.98 Å². The first-order valence-corrected chi connectivity index (χ1v) is 7.43. The molecule has 3 rings (SSSR count). The van der Waals surface area contributed by atoms with E-state index in [4.69, 9.17) is 5.73 Å². The van der Waals surface area contributed by atoms with Crippen LogP contribution in [0.25, 0.3) is 11.3 Å². The van der Waals surface area contributed by atoms with Gasteiger partial charge < -0.3 is 10.6 Å². The Morgan fingerprint density at radius 1 is 1.27 bits per heavy atom. The molecular formula is C16H19N5O. The van der Waals surface area contributed by atoms with Crippen molar-refractivity contribution in [1.29, 1.82) is 0 Å². The lowest BCUT2D eigenvalue weighted by Gasteiger charge is -2.32. The maximum atomic E-state index is 11.6. The van der Waals surface area contributed by atoms with Gasteiger partial charge in [-0.05, 0) is 25.0 Å². The standard InChI is InChI=1S/C16H19N5O/c1-11(22)21-8-2-3-13(10-21)16-15(18-6-7-19-16)12-4-5-14(17)20-9-12/h4-7,9,13H,2-3,8,10H2,1H3,(H2,17,20). The number of hydrogen-bond donors (Lipinski definition) is 1. The van der Waals surface area contributed by atoms with Crippen LogP contribution in [0.1, 0.15) is 31.4 Å². The second-order valence-corrected chi connectivity index (χ2v) is 5.57. The molecule has 0 bridgehead atoms. The van der Waals surface area contributed by atoms with Gasteiger partial charge in [0.25, 0.3) is 0 Å². The Balaban J connectivity index is 1.94. The van der Waals surface area contributed by atoms with E-state index in [1.54, 1.807) is 31.6 Å². The fourth-order valence-corrected chi connectivity index (χ4v) is 2.90. The predicted molar refractivity (Wildman–Crippen MR) is 83.9 cm³/mol. The van der Waals surface area contributed by atoms with Crippen molar-refractivity contribution in [2.75, 3.05) is 18.8 Å². The molecular weight excluding hydrogens is 278 g/mol. The van der Waals surface area contributed by atoms with Gasteiger partial charge in [-0.1, -0.05) is 0 Å². The van der Waals surface area contributed by atoms with Crippen LogP contribution in [0, 0.1) is 0 Å². The normalized spacial score (nSPS) is 18.2. The number of carbonyl (C=O) groups is 1. The lowest BCUT2D eigenvalue weighted by molar-refractivity contribution is -0.130. The molecule has 1 amide bonds. The van der Waals surface area contributed by atoms with E-state index >= 15 is 0 Å². The van der Waals surface area contributed by atoms with Crippen LogP contribution in [0.15, 0.2) is 30.7 Å². The molecule has 0 spiro atoms. The summed E-state index contributed by atoms with van der Waals surface area (Å²) in [5.74, 6) is 0.804. The molecule has 0 saturated carbocycles. The summed E-state index contributed by atoms with van der Waals surface area (Å²) in [5, 5.41) is 0. The van der Waals surface area contributed by atoms with Crippen molar-refractivity contribution >= 4 is 11.7 Å². The van der Waals surface area contributed by atoms with Crippen molar-refractivity contribution in [3.8, 4) is 11.3 Å². The van der Waals surface area contributed by atoms with Crippen LogP contribution in [0.3, 0.4) is 0 Å². The minimum atomic E-state index is 0.115. The van der Waals surface area contributed by atoms with E-state index in [1.165, 1.54) is 0 Å². The fourth-order valence-electron chi connectivity index (χ4n) is 2.90. The molecule has 1 saturated heterocycles. The summed E-state index contributed by atoms with van der Waals surface area (Å²) in [6.45, 7) is 3.14. The number of aromatic nitrogens is 3. The maximum absolute atomic E-state index is 11.6. The zero-order valence-corrected chi connectivity index (χ0v) is 12.6. The summed E-state index contributed by atoms with van der Waals surface area (Å²) in [6, 6.07) is 3.66. The van der Waals surface area contributed by atoms with Crippen LogP contribution < -0.4 is 5.73 Å². The van der Waals surface area contributed by atoms with Gasteiger partial charge in [0.1, 0.15) is 5.82 Å². The number of likely N-dealkylation sites (tertiary alicyclic amines) is 1. The first-order chi connectivity index (χ1) is 10.6. The Labute approximate surface area is 129 Å². The third-order valence-corrected chi connectivity index (χ3v) is 4.04. The SMILES string of the molecule is CC(=O)N1CCCC(c2nccnc2-c2ccc(N)nc2)C1. The zero-order chi connectivity index (χ0) is 15.5. The highest BCUT2D eigenvalue weighted by molar-refractivity contribution is 5.73. The number of pyridine rings is 1. The zero-order valence-electron chi connectivity index (χ0n) is 12.6. The predicted octanol–water partition coefficient (Wildman–Crippen LogP) is 1.85. The van der Waals surface area contributed by atoms with E-state index in [0.717, 1.165) is 36.3 Å². The number of nitrogens with zero attached hydrogens (tertiary/aromatic N) is 4. The van der Waals surface area contributed by atoms with Crippen LogP contribution in [0.4, 0.5) is 5.82 Å². The van der Waals surface area contributed by atoms with Crippen molar-refractivity contribution in [3.63, 3.8) is 0 Å². The molecule has 3 heterocycles. The van der Waals surface area contributed by atoms with Gasteiger partial charge in [-0.2, -0.15) is 0 Å². The molecule has 1 aliphatic heterocycles. The van der Waals surface area contributed by atoms with Crippen molar-refractivity contribution in [1.82, 2.24) is 19.9 Å². The van der Waals surface area contributed by atoms with E-state index < -0.39 is 0 Å². The number of rotatable bonds is 2. The minimum Gasteiger partial charge on any atom is -0.384 e. The number of carbonyl (C=O) groups excluding carboxylic acids is 1. The van der Waals surface area contributed by atoms with Crippen molar-refractivity contribution in [2.24, 2.45) is 0 Å². The molecule has 2 aromatic rings. The molecule has 6 heteroatoms. The largest absolute Gasteiger partial charge is 0.384 e. The Morgan fingerprint density at radius 2 is 2.09 bits per heavy atom. The van der Waals surface area contributed by atoms with Crippen molar-refractivity contribution in [2.45, 2.75) is 25.7 Å². The van der Waals surface area contributed by atoms with Gasteiger partial charge in [-0.3, -0.25) is 14.8 Å². The summed E-state index contributed by atoms with van der Waals surface area (Å²) in [4.78, 5) is 26.7. The van der Waals surface area contributed by atoms with E-state index in [2.05, 4.69) is 15.0 Å². The van der Waals surface area contributed by atoms with E-state index in [9.17, 15) is 4.79 Å². The first-order valence-electron chi connectivity index (χ1n) is 7.43. The van der Waals surface area contributed by atoms with Crippen LogP contribution in [0.2, 0.25) is 0 Å². The van der Waals surface area contributed by atoms with Crippen molar-refractivity contribution in [3.05, 3.63) is 36.4 Å². The molecule has 1 unspecified atom stereocenters. The molecule has 2 aromatic heterocycles. The first kappa shape index (κ1) is 14.4. The number of nitrogens with two attached hydrogens (primary N) is 1. The number of hydrogen-bond acceptors (Lipinski definition) is 5. The highest BCUT2D eigenvalue weighted by atomic mass is 16.2. The summed E-state index contributed by atoms with van der Waals surface area (Å²) in [5.41, 5.74) is 8.30. The Kier molecular flexibility index (Phi) is 4.00. The number of piperidine rings is 1. The Hall–Kier alpha value is -2.50. The third kappa shape index (κ3) is 2.90. The lowest BCUT2D eigenvalue weighted by Crippen LogP contribution is -2.38. The van der Waals surface area contributed by atoms with Crippen LogP contribution in [0.5, 0.6) is 0 Å². The van der Waals surface area contributed by atoms with Gasteiger partial charge in [-0.15, -0.1) is 0 Å². The lowest BCUT2D eigenvalue weighted by atomic mass is 9.91. The van der Waals surface area contributed by atoms with E-state index in [1.807, 2.05) is 11.0 Å². The molecule has 0 aromatic carbocycles. The molecule has 22 heavy (non-hydrogen) atoms. The number of amides is 1. The Bertz CT molecular complexity index is 670. The summed E-state index contributed by atoms with van der Waals surface area (Å²) in [6.07, 6.45) is 7.10. The van der Waals surface area contributed by atoms with Gasteiger partial charge in [0.05, 0.1) is 11.4 Å². The summed E-state index contributed by atoms with van der Waals surface area (Å²) >= 11 is 0. The summed E-state index contributed by atoms with van der Waals surface area (Å²) < 4.78 is 0. The molecule has 114 valence electrons. The van der Waals surface area contributed by atoms with Gasteiger partial charge in [0.15, 0.2) is 0 Å². The average molecular weight is 297 g/mol. The summed E-state index contributed by atoms with van der Waals surface area (Å²) in [7, 11) is 0. The number of nitrogen functional groups attached to an aromatic ring is 1. The quantitative estimate of drug-likeness (QED) is 0.914. The van der Waals surface area contributed by atoms with Gasteiger partial charge in [0, 0.05) is 50.1 Å². The average Bonchev–Trinajstić information content (AvgIpc) is 2.56. The van der Waals surface area contributed by atoms with E-state index in [0.29, 0.717) is 12.4 Å². The third-order valence-electron chi connectivity index (χ3n) is 4.04. The molecule has 0 radical (unpaired) electrons. The van der Waals surface area contributed by atoms with Gasteiger partial charge in [0.2, 0.25) is 5.91 Å². The number of anilines is 1. The molecule has 0 aliphatic carbocycles. The van der Waals surface area contributed by atoms with Crippen LogP contribution >= 0.6 is 0 Å². The second-order valence-electron chi connectivity index (χ2n) is 5.57. The fraction of sp³-hybridized carbons (Fsp3) is 0.375. The molecule has 1 aliphatic rings. The molecule has 2 N–H and O–H groups in total. The van der Waals surface area contributed by atoms with Crippen LogP contribution in [-0.4, -0.2) is 38.8 Å². The van der Waals surface area contributed by atoms with E-state index in [-0.39, 0.29) is 11.8 Å². The monoisotopic (exact) mass is 297 g/mol. The molecule has 1 fully saturated rings. The van der Waals surface area contributed by atoms with Crippen molar-refractivity contribution < 1.29 is 4.79 Å². The topological polar surface area (TPSA) is 85.0 Å². The van der Waals surface area contributed by atoms with Crippen LogP contribution in [-0.2, 0) is 4.79 Å². The maximum Gasteiger partial charge on any atom is 0.219 e. The molecule has 6 nitrogen and oxygen atoms in total. The highest BCUT2D eigenvalue weighted by Crippen LogP contribution is 2.31. The molecule has 1 atom stereocenters.